The number of nitrogens with zero attached hydrogens (tertiary/aromatic N) is 3. The summed E-state index contributed by atoms with van der Waals surface area (Å²) in [6, 6.07) is 26.2. The van der Waals surface area contributed by atoms with Gasteiger partial charge in [-0.2, -0.15) is 5.10 Å². The Balaban J connectivity index is 1.38. The first-order valence-electron chi connectivity index (χ1n) is 12.2. The second kappa shape index (κ2) is 11.0. The number of piperidine rings is 1. The molecule has 6 heteroatoms. The molecule has 0 spiro atoms. The SMILES string of the molecule is COc1ccc(-c2cc(-c3ccc(OCCN4CCCCC4)cc3)nn2-c2ccccc2)cc1Cl. The number of ether oxygens (including phenoxy) is 2. The molecule has 5 nitrogen and oxygen atoms in total. The van der Waals surface area contributed by atoms with Gasteiger partial charge in [0.15, 0.2) is 0 Å². The lowest BCUT2D eigenvalue weighted by atomic mass is 10.1. The van der Waals surface area contributed by atoms with E-state index in [4.69, 9.17) is 26.2 Å². The maximum Gasteiger partial charge on any atom is 0.137 e. The van der Waals surface area contributed by atoms with Crippen LogP contribution in [-0.2, 0) is 0 Å². The van der Waals surface area contributed by atoms with Crippen LogP contribution < -0.4 is 9.47 Å². The van der Waals surface area contributed by atoms with Gasteiger partial charge in [0.2, 0.25) is 0 Å². The first kappa shape index (κ1) is 23.5. The van der Waals surface area contributed by atoms with Crippen LogP contribution in [0, 0.1) is 0 Å². The first-order valence-corrected chi connectivity index (χ1v) is 12.5. The summed E-state index contributed by atoms with van der Waals surface area (Å²) < 4.78 is 13.3. The van der Waals surface area contributed by atoms with Crippen LogP contribution in [0.5, 0.6) is 11.5 Å². The number of hydrogen-bond acceptors (Lipinski definition) is 4. The number of rotatable bonds is 8. The van der Waals surface area contributed by atoms with Crippen LogP contribution in [-0.4, -0.2) is 48.0 Å². The molecule has 4 aromatic rings. The van der Waals surface area contributed by atoms with Crippen molar-refractivity contribution < 1.29 is 9.47 Å². The summed E-state index contributed by atoms with van der Waals surface area (Å²) >= 11 is 6.44. The van der Waals surface area contributed by atoms with E-state index in [0.29, 0.717) is 17.4 Å². The smallest absolute Gasteiger partial charge is 0.137 e. The number of benzene rings is 3. The minimum atomic E-state index is 0.568. The maximum atomic E-state index is 6.44. The summed E-state index contributed by atoms with van der Waals surface area (Å²) in [5.41, 5.74) is 4.83. The van der Waals surface area contributed by atoms with Crippen molar-refractivity contribution in [3.8, 4) is 39.7 Å². The van der Waals surface area contributed by atoms with Gasteiger partial charge in [-0.15, -0.1) is 0 Å². The Hall–Kier alpha value is -3.28. The van der Waals surface area contributed by atoms with Gasteiger partial charge < -0.3 is 9.47 Å². The molecule has 1 fully saturated rings. The summed E-state index contributed by atoms with van der Waals surface area (Å²) in [7, 11) is 1.62. The van der Waals surface area contributed by atoms with Crippen LogP contribution in [0.2, 0.25) is 5.02 Å². The zero-order valence-corrected chi connectivity index (χ0v) is 20.7. The third-order valence-corrected chi connectivity index (χ3v) is 6.73. The Morgan fingerprint density at radius 2 is 1.60 bits per heavy atom. The number of methoxy groups -OCH3 is 1. The predicted octanol–water partition coefficient (Wildman–Crippen LogP) is 6.73. The number of halogens is 1. The van der Waals surface area contributed by atoms with Crippen molar-refractivity contribution in [2.45, 2.75) is 19.3 Å². The van der Waals surface area contributed by atoms with Crippen LogP contribution in [0.4, 0.5) is 0 Å². The Kier molecular flexibility index (Phi) is 7.36. The number of aromatic nitrogens is 2. The third-order valence-electron chi connectivity index (χ3n) is 6.43. The molecule has 1 saturated heterocycles. The molecule has 0 unspecified atom stereocenters. The average molecular weight is 488 g/mol. The lowest BCUT2D eigenvalue weighted by Crippen LogP contribution is -2.33. The van der Waals surface area contributed by atoms with Crippen LogP contribution >= 0.6 is 11.6 Å². The number of para-hydroxylation sites is 1. The van der Waals surface area contributed by atoms with Crippen molar-refractivity contribution in [1.82, 2.24) is 14.7 Å². The monoisotopic (exact) mass is 487 g/mol. The molecule has 0 bridgehead atoms. The quantitative estimate of drug-likeness (QED) is 0.276. The van der Waals surface area contributed by atoms with Gasteiger partial charge in [0, 0.05) is 17.7 Å². The summed E-state index contributed by atoms with van der Waals surface area (Å²) in [5.74, 6) is 1.53. The number of likely N-dealkylation sites (tertiary alicyclic amines) is 1. The highest BCUT2D eigenvalue weighted by Gasteiger charge is 2.15. The van der Waals surface area contributed by atoms with Crippen LogP contribution in [0.3, 0.4) is 0 Å². The highest BCUT2D eigenvalue weighted by molar-refractivity contribution is 6.32. The van der Waals surface area contributed by atoms with E-state index in [-0.39, 0.29) is 0 Å². The molecule has 0 radical (unpaired) electrons. The molecular formula is C29H30ClN3O2. The fourth-order valence-corrected chi connectivity index (χ4v) is 4.77. The minimum Gasteiger partial charge on any atom is -0.495 e. The second-order valence-electron chi connectivity index (χ2n) is 8.79. The summed E-state index contributed by atoms with van der Waals surface area (Å²) in [6.45, 7) is 4.07. The topological polar surface area (TPSA) is 39.5 Å². The molecule has 0 amide bonds. The van der Waals surface area contributed by atoms with Crippen LogP contribution in [0.25, 0.3) is 28.2 Å². The van der Waals surface area contributed by atoms with Crippen molar-refractivity contribution in [2.75, 3.05) is 33.4 Å². The van der Waals surface area contributed by atoms with Crippen molar-refractivity contribution in [3.63, 3.8) is 0 Å². The van der Waals surface area contributed by atoms with Crippen LogP contribution in [0.15, 0.2) is 78.9 Å². The predicted molar refractivity (Wildman–Crippen MR) is 142 cm³/mol. The molecule has 180 valence electrons. The van der Waals surface area contributed by atoms with Crippen LogP contribution in [0.1, 0.15) is 19.3 Å². The minimum absolute atomic E-state index is 0.568. The van der Waals surface area contributed by atoms with Gasteiger partial charge in [0.05, 0.1) is 29.2 Å². The fraction of sp³-hybridized carbons (Fsp3) is 0.276. The van der Waals surface area contributed by atoms with Gasteiger partial charge >= 0.3 is 0 Å². The molecular weight excluding hydrogens is 458 g/mol. The van der Waals surface area contributed by atoms with E-state index < -0.39 is 0 Å². The van der Waals surface area contributed by atoms with E-state index >= 15 is 0 Å². The molecule has 1 aromatic heterocycles. The van der Waals surface area contributed by atoms with E-state index in [1.807, 2.05) is 65.3 Å². The molecule has 0 saturated carbocycles. The zero-order chi connectivity index (χ0) is 24.0. The molecule has 2 heterocycles. The molecule has 0 atom stereocenters. The van der Waals surface area contributed by atoms with E-state index in [2.05, 4.69) is 23.1 Å². The summed E-state index contributed by atoms with van der Waals surface area (Å²) in [6.07, 6.45) is 3.95. The van der Waals surface area contributed by atoms with Crippen molar-refractivity contribution >= 4 is 11.6 Å². The van der Waals surface area contributed by atoms with E-state index in [0.717, 1.165) is 40.5 Å². The van der Waals surface area contributed by atoms with Crippen molar-refractivity contribution in [3.05, 3.63) is 83.9 Å². The average Bonchev–Trinajstić information content (AvgIpc) is 3.36. The number of hydrogen-bond donors (Lipinski definition) is 0. The molecule has 0 N–H and O–H groups in total. The van der Waals surface area contributed by atoms with Crippen molar-refractivity contribution in [2.24, 2.45) is 0 Å². The van der Waals surface area contributed by atoms with E-state index in [1.165, 1.54) is 32.4 Å². The normalized spacial score (nSPS) is 14.1. The molecule has 1 aliphatic heterocycles. The largest absolute Gasteiger partial charge is 0.495 e. The molecule has 0 aliphatic carbocycles. The Morgan fingerprint density at radius 3 is 2.31 bits per heavy atom. The lowest BCUT2D eigenvalue weighted by molar-refractivity contribution is 0.183. The highest BCUT2D eigenvalue weighted by Crippen LogP contribution is 2.34. The second-order valence-corrected chi connectivity index (χ2v) is 9.19. The standard InChI is InChI=1S/C29H30ClN3O2/c1-34-29-15-12-23(20-26(29)30)28-21-27(31-33(28)24-8-4-2-5-9-24)22-10-13-25(14-11-22)35-19-18-32-16-6-3-7-17-32/h2,4-5,8-15,20-21H,3,6-7,16-19H2,1H3. The van der Waals surface area contributed by atoms with Gasteiger partial charge in [0.1, 0.15) is 18.1 Å². The molecule has 35 heavy (non-hydrogen) atoms. The van der Waals surface area contributed by atoms with E-state index in [9.17, 15) is 0 Å². The third kappa shape index (κ3) is 5.53. The Morgan fingerprint density at radius 1 is 0.857 bits per heavy atom. The van der Waals surface area contributed by atoms with Gasteiger partial charge in [-0.1, -0.05) is 36.2 Å². The van der Waals surface area contributed by atoms with Gasteiger partial charge in [0.25, 0.3) is 0 Å². The van der Waals surface area contributed by atoms with Crippen molar-refractivity contribution in [1.29, 1.82) is 0 Å². The highest BCUT2D eigenvalue weighted by atomic mass is 35.5. The Labute approximate surface area is 211 Å². The lowest BCUT2D eigenvalue weighted by Gasteiger charge is -2.26. The van der Waals surface area contributed by atoms with Gasteiger partial charge in [-0.3, -0.25) is 4.90 Å². The zero-order valence-electron chi connectivity index (χ0n) is 20.0. The first-order chi connectivity index (χ1) is 17.2. The summed E-state index contributed by atoms with van der Waals surface area (Å²) in [4.78, 5) is 2.49. The molecule has 5 rings (SSSR count). The molecule has 1 aliphatic rings. The Bertz CT molecular complexity index is 1250. The van der Waals surface area contributed by atoms with E-state index in [1.54, 1.807) is 7.11 Å². The molecule has 3 aromatic carbocycles. The maximum absolute atomic E-state index is 6.44. The van der Waals surface area contributed by atoms with Gasteiger partial charge in [-0.05, 0) is 86.6 Å². The fourth-order valence-electron chi connectivity index (χ4n) is 4.52. The van der Waals surface area contributed by atoms with Gasteiger partial charge in [-0.25, -0.2) is 4.68 Å². The summed E-state index contributed by atoms with van der Waals surface area (Å²) in [5, 5.41) is 5.52.